The van der Waals surface area contributed by atoms with Crippen molar-refractivity contribution in [2.75, 3.05) is 25.1 Å². The number of carbonyl (C=O) groups is 2. The number of nitrogens with zero attached hydrogens (tertiary/aromatic N) is 2. The number of nitrogens with one attached hydrogen (secondary N) is 2. The first kappa shape index (κ1) is 26.0. The number of urea groups is 1. The molecule has 1 aliphatic carbocycles. The van der Waals surface area contributed by atoms with Crippen molar-refractivity contribution < 1.29 is 33.6 Å². The Bertz CT molecular complexity index is 1240. The van der Waals surface area contributed by atoms with E-state index in [9.17, 15) is 14.4 Å². The molecule has 38 heavy (non-hydrogen) atoms. The topological polar surface area (TPSA) is 150 Å². The molecule has 12 nitrogen and oxygen atoms in total. The van der Waals surface area contributed by atoms with E-state index in [2.05, 4.69) is 15.6 Å². The second kappa shape index (κ2) is 11.4. The Morgan fingerprint density at radius 2 is 1.95 bits per heavy atom. The minimum atomic E-state index is -0.838. The Labute approximate surface area is 218 Å². The van der Waals surface area contributed by atoms with Gasteiger partial charge in [-0.2, -0.15) is 4.98 Å². The molecular weight excluding hydrogens is 496 g/mol. The van der Waals surface area contributed by atoms with Crippen molar-refractivity contribution >= 4 is 23.9 Å². The van der Waals surface area contributed by atoms with Crippen LogP contribution in [0.4, 0.5) is 10.6 Å². The minimum Gasteiger partial charge on any atom is -0.481 e. The van der Waals surface area contributed by atoms with Crippen LogP contribution in [0, 0.1) is 11.8 Å². The van der Waals surface area contributed by atoms with E-state index >= 15 is 0 Å². The number of anilines is 1. The highest BCUT2D eigenvalue weighted by Gasteiger charge is 2.53. The largest absolute Gasteiger partial charge is 0.481 e. The fourth-order valence-electron chi connectivity index (χ4n) is 4.63. The molecule has 2 amide bonds. The number of rotatable bonds is 10. The van der Waals surface area contributed by atoms with Crippen molar-refractivity contribution in [2.45, 2.75) is 44.2 Å². The summed E-state index contributed by atoms with van der Waals surface area (Å²) in [5.41, 5.74) is 0.358. The molecule has 3 aliphatic rings. The Balaban J connectivity index is 1.29. The lowest BCUT2D eigenvalue weighted by Crippen LogP contribution is -2.35. The molecule has 0 spiro atoms. The Morgan fingerprint density at radius 1 is 1.16 bits per heavy atom. The number of carboxylic acid groups (broad SMARTS) is 1. The maximum Gasteiger partial charge on any atom is 0.351 e. The summed E-state index contributed by atoms with van der Waals surface area (Å²) in [6.45, 7) is 2.66. The van der Waals surface area contributed by atoms with Gasteiger partial charge < -0.3 is 29.4 Å². The molecule has 1 saturated carbocycles. The lowest BCUT2D eigenvalue weighted by molar-refractivity contribution is -0.142. The zero-order valence-electron chi connectivity index (χ0n) is 20.8. The van der Waals surface area contributed by atoms with E-state index in [0.717, 1.165) is 5.56 Å². The lowest BCUT2D eigenvalue weighted by atomic mass is 10.1. The zero-order valence-corrected chi connectivity index (χ0v) is 20.8. The Hall–Kier alpha value is -3.58. The predicted molar refractivity (Wildman–Crippen MR) is 134 cm³/mol. The van der Waals surface area contributed by atoms with E-state index in [1.54, 1.807) is 13.0 Å². The van der Waals surface area contributed by atoms with Crippen molar-refractivity contribution in [1.29, 1.82) is 0 Å². The van der Waals surface area contributed by atoms with Gasteiger partial charge in [0.2, 0.25) is 0 Å². The molecule has 1 aromatic heterocycles. The highest BCUT2D eigenvalue weighted by Crippen LogP contribution is 2.41. The molecule has 2 saturated heterocycles. The van der Waals surface area contributed by atoms with E-state index in [1.165, 1.54) is 16.8 Å². The number of ether oxygens (including phenoxy) is 4. The van der Waals surface area contributed by atoms with Crippen LogP contribution < -0.4 is 16.3 Å². The van der Waals surface area contributed by atoms with Crippen LogP contribution in [0.1, 0.15) is 25.1 Å². The summed E-state index contributed by atoms with van der Waals surface area (Å²) >= 11 is 0. The van der Waals surface area contributed by atoms with Gasteiger partial charge in [-0.15, -0.1) is 0 Å². The Kier molecular flexibility index (Phi) is 7.84. The second-order valence-electron chi connectivity index (χ2n) is 9.37. The molecule has 3 N–H and O–H groups in total. The number of aromatic nitrogens is 2. The summed E-state index contributed by atoms with van der Waals surface area (Å²) in [5, 5.41) is 14.2. The van der Waals surface area contributed by atoms with Crippen LogP contribution in [0.2, 0.25) is 0 Å². The van der Waals surface area contributed by atoms with Gasteiger partial charge in [-0.05, 0) is 37.0 Å². The quantitative estimate of drug-likeness (QED) is 0.421. The minimum absolute atomic E-state index is 0.0143. The molecule has 3 heterocycles. The molecule has 202 valence electrons. The maximum atomic E-state index is 12.9. The number of carboxylic acids is 1. The summed E-state index contributed by atoms with van der Waals surface area (Å²) in [6.07, 6.45) is 2.56. The monoisotopic (exact) mass is 526 g/mol. The van der Waals surface area contributed by atoms with Gasteiger partial charge in [0.15, 0.2) is 12.5 Å². The van der Waals surface area contributed by atoms with Crippen LogP contribution in [0.5, 0.6) is 0 Å². The average Bonchev–Trinajstić information content (AvgIpc) is 3.44. The van der Waals surface area contributed by atoms with Gasteiger partial charge >= 0.3 is 17.7 Å². The van der Waals surface area contributed by atoms with Crippen LogP contribution in [-0.2, 0) is 23.7 Å². The van der Waals surface area contributed by atoms with E-state index in [1.807, 2.05) is 36.4 Å². The SMILES string of the molecule is CCNC(=O)Nc1ccn([C@@H]2O[C@H](COCC3CC3C(=O)O)C3O[C@H](C=Cc4ccccc4)O[C@@H]32)c(=O)n1. The second-order valence-corrected chi connectivity index (χ2v) is 9.37. The molecule has 12 heteroatoms. The van der Waals surface area contributed by atoms with Gasteiger partial charge in [0.25, 0.3) is 0 Å². The van der Waals surface area contributed by atoms with Gasteiger partial charge in [-0.25, -0.2) is 9.59 Å². The summed E-state index contributed by atoms with van der Waals surface area (Å²) < 4.78 is 25.5. The first-order chi connectivity index (χ1) is 18.4. The zero-order chi connectivity index (χ0) is 26.6. The van der Waals surface area contributed by atoms with Crippen LogP contribution in [-0.4, -0.2) is 71.0 Å². The number of amides is 2. The maximum absolute atomic E-state index is 12.9. The van der Waals surface area contributed by atoms with Crippen molar-refractivity contribution in [2.24, 2.45) is 11.8 Å². The number of fused-ring (bicyclic) bond motifs is 1. The van der Waals surface area contributed by atoms with Gasteiger partial charge in [-0.1, -0.05) is 36.4 Å². The first-order valence-corrected chi connectivity index (χ1v) is 12.6. The van der Waals surface area contributed by atoms with Gasteiger partial charge in [-0.3, -0.25) is 14.7 Å². The fourth-order valence-corrected chi connectivity index (χ4v) is 4.63. The predicted octanol–water partition coefficient (Wildman–Crippen LogP) is 1.84. The number of aliphatic carboxylic acids is 1. The normalized spacial score (nSPS) is 29.8. The van der Waals surface area contributed by atoms with Crippen molar-refractivity contribution in [3.8, 4) is 0 Å². The van der Waals surface area contributed by atoms with Crippen LogP contribution in [0.15, 0.2) is 53.5 Å². The van der Waals surface area contributed by atoms with E-state index < -0.39 is 48.5 Å². The van der Waals surface area contributed by atoms with Gasteiger partial charge in [0.05, 0.1) is 19.1 Å². The van der Waals surface area contributed by atoms with E-state index in [0.29, 0.717) is 19.6 Å². The van der Waals surface area contributed by atoms with Crippen molar-refractivity contribution in [1.82, 2.24) is 14.9 Å². The molecule has 1 aromatic carbocycles. The van der Waals surface area contributed by atoms with Crippen LogP contribution in [0.3, 0.4) is 0 Å². The summed E-state index contributed by atoms with van der Waals surface area (Å²) in [4.78, 5) is 39.7. The van der Waals surface area contributed by atoms with Gasteiger partial charge in [0.1, 0.15) is 24.1 Å². The lowest BCUT2D eigenvalue weighted by Gasteiger charge is -2.20. The van der Waals surface area contributed by atoms with E-state index in [4.69, 9.17) is 24.1 Å². The third kappa shape index (κ3) is 5.94. The third-order valence-corrected chi connectivity index (χ3v) is 6.65. The standard InChI is InChI=1S/C26H30N4O8/c1-2-27-25(33)28-19-10-11-30(26(34)29-19)23-22-21(18(36-23)14-35-13-16-12-17(16)24(31)32)37-20(38-22)9-8-15-6-4-3-5-7-15/h3-11,16-18,20-23H,2,12-14H2,1H3,(H,31,32)(H2,27,28,29,33,34)/t16?,17?,18-,20+,21?,22+,23-/m1/s1. The molecular formula is C26H30N4O8. The fraction of sp³-hybridized carbons (Fsp3) is 0.462. The summed E-state index contributed by atoms with van der Waals surface area (Å²) in [5.74, 6) is -1.08. The van der Waals surface area contributed by atoms with E-state index in [-0.39, 0.29) is 24.3 Å². The van der Waals surface area contributed by atoms with Crippen molar-refractivity contribution in [3.63, 3.8) is 0 Å². The molecule has 0 radical (unpaired) electrons. The summed E-state index contributed by atoms with van der Waals surface area (Å²) in [7, 11) is 0. The summed E-state index contributed by atoms with van der Waals surface area (Å²) in [6, 6.07) is 10.7. The number of benzene rings is 1. The first-order valence-electron chi connectivity index (χ1n) is 12.6. The molecule has 3 unspecified atom stereocenters. The van der Waals surface area contributed by atoms with Crippen LogP contribution >= 0.6 is 0 Å². The third-order valence-electron chi connectivity index (χ3n) is 6.65. The van der Waals surface area contributed by atoms with Gasteiger partial charge in [0, 0.05) is 12.7 Å². The number of hydrogen-bond acceptors (Lipinski definition) is 8. The molecule has 2 aliphatic heterocycles. The molecule has 5 rings (SSSR count). The molecule has 3 fully saturated rings. The average molecular weight is 527 g/mol. The van der Waals surface area contributed by atoms with Crippen molar-refractivity contribution in [3.05, 3.63) is 64.7 Å². The van der Waals surface area contributed by atoms with Crippen LogP contribution in [0.25, 0.3) is 6.08 Å². The molecule has 2 aromatic rings. The highest BCUT2D eigenvalue weighted by molar-refractivity contribution is 5.87. The number of hydrogen-bond donors (Lipinski definition) is 3. The highest BCUT2D eigenvalue weighted by atomic mass is 16.8. The number of carbonyl (C=O) groups excluding carboxylic acids is 1. The molecule has 7 atom stereocenters. The Morgan fingerprint density at radius 3 is 2.66 bits per heavy atom. The smallest absolute Gasteiger partial charge is 0.351 e. The molecule has 0 bridgehead atoms.